The molecule has 1 saturated heterocycles. The van der Waals surface area contributed by atoms with E-state index in [9.17, 15) is 9.90 Å². The number of nitrogens with zero attached hydrogens (tertiary/aromatic N) is 3. The predicted octanol–water partition coefficient (Wildman–Crippen LogP) is 1.68. The van der Waals surface area contributed by atoms with Gasteiger partial charge < -0.3 is 15.3 Å². The van der Waals surface area contributed by atoms with Gasteiger partial charge in [0, 0.05) is 19.6 Å². The van der Waals surface area contributed by atoms with Gasteiger partial charge in [0.15, 0.2) is 5.69 Å². The summed E-state index contributed by atoms with van der Waals surface area (Å²) in [6, 6.07) is 3.49. The largest absolute Gasteiger partial charge is 0.390 e. The van der Waals surface area contributed by atoms with E-state index in [0.29, 0.717) is 31.0 Å². The molecule has 2 rings (SSSR count). The van der Waals surface area contributed by atoms with Crippen LogP contribution in [-0.4, -0.2) is 51.3 Å². The van der Waals surface area contributed by atoms with Crippen molar-refractivity contribution in [2.24, 2.45) is 0 Å². The average molecular weight is 292 g/mol. The Labute approximate surface area is 125 Å². The molecule has 1 aliphatic heterocycles. The van der Waals surface area contributed by atoms with Gasteiger partial charge in [-0.25, -0.2) is 0 Å². The summed E-state index contributed by atoms with van der Waals surface area (Å²) in [6.45, 7) is 5.96. The molecule has 0 aromatic carbocycles. The molecular weight excluding hydrogens is 268 g/mol. The molecular formula is C15H24N4O2. The number of carbonyl (C=O) groups is 1. The molecule has 0 spiro atoms. The van der Waals surface area contributed by atoms with Crippen LogP contribution in [0.2, 0.25) is 0 Å². The van der Waals surface area contributed by atoms with Gasteiger partial charge in [0.1, 0.15) is 5.82 Å². The second-order valence-electron chi connectivity index (χ2n) is 5.87. The van der Waals surface area contributed by atoms with Crippen molar-refractivity contribution in [1.29, 1.82) is 0 Å². The van der Waals surface area contributed by atoms with E-state index >= 15 is 0 Å². The Morgan fingerprint density at radius 2 is 2.19 bits per heavy atom. The van der Waals surface area contributed by atoms with Crippen molar-refractivity contribution >= 4 is 11.7 Å². The Kier molecular flexibility index (Phi) is 5.12. The molecule has 1 atom stereocenters. The topological polar surface area (TPSA) is 78.4 Å². The Bertz CT molecular complexity index is 473. The number of amides is 1. The zero-order valence-corrected chi connectivity index (χ0v) is 12.8. The fourth-order valence-electron chi connectivity index (χ4n) is 2.42. The molecule has 21 heavy (non-hydrogen) atoms. The molecule has 2 N–H and O–H groups in total. The van der Waals surface area contributed by atoms with Gasteiger partial charge >= 0.3 is 0 Å². The molecule has 0 aliphatic carbocycles. The van der Waals surface area contributed by atoms with E-state index in [1.807, 2.05) is 6.92 Å². The van der Waals surface area contributed by atoms with Gasteiger partial charge in [0.25, 0.3) is 5.91 Å². The van der Waals surface area contributed by atoms with Crippen LogP contribution >= 0.6 is 0 Å². The Balaban J connectivity index is 1.99. The van der Waals surface area contributed by atoms with E-state index in [4.69, 9.17) is 0 Å². The van der Waals surface area contributed by atoms with Crippen molar-refractivity contribution < 1.29 is 9.90 Å². The van der Waals surface area contributed by atoms with E-state index in [0.717, 1.165) is 25.8 Å². The van der Waals surface area contributed by atoms with Crippen molar-refractivity contribution in [2.45, 2.75) is 45.1 Å². The highest BCUT2D eigenvalue weighted by Crippen LogP contribution is 2.22. The van der Waals surface area contributed by atoms with Gasteiger partial charge in [-0.3, -0.25) is 4.79 Å². The number of carbonyl (C=O) groups excluding carboxylic acids is 1. The maximum absolute atomic E-state index is 12.4. The van der Waals surface area contributed by atoms with E-state index < -0.39 is 5.60 Å². The van der Waals surface area contributed by atoms with Gasteiger partial charge in [0.2, 0.25) is 0 Å². The number of hydrogen-bond donors (Lipinski definition) is 2. The molecule has 2 heterocycles. The molecule has 116 valence electrons. The molecule has 0 radical (unpaired) electrons. The molecule has 1 fully saturated rings. The average Bonchev–Trinajstić information content (AvgIpc) is 2.66. The maximum atomic E-state index is 12.4. The molecule has 1 aromatic rings. The van der Waals surface area contributed by atoms with Crippen LogP contribution in [0.25, 0.3) is 0 Å². The van der Waals surface area contributed by atoms with E-state index in [1.165, 1.54) is 0 Å². The lowest BCUT2D eigenvalue weighted by atomic mass is 9.98. The fourth-order valence-corrected chi connectivity index (χ4v) is 2.42. The summed E-state index contributed by atoms with van der Waals surface area (Å²) in [5, 5.41) is 21.2. The van der Waals surface area contributed by atoms with Gasteiger partial charge in [-0.1, -0.05) is 6.92 Å². The smallest absolute Gasteiger partial charge is 0.274 e. The minimum absolute atomic E-state index is 0.109. The van der Waals surface area contributed by atoms with Crippen LogP contribution in [0.5, 0.6) is 0 Å². The van der Waals surface area contributed by atoms with Gasteiger partial charge in [-0.15, -0.1) is 10.2 Å². The number of hydrogen-bond acceptors (Lipinski definition) is 5. The van der Waals surface area contributed by atoms with Crippen molar-refractivity contribution in [3.8, 4) is 0 Å². The predicted molar refractivity (Wildman–Crippen MR) is 81.2 cm³/mol. The first-order valence-corrected chi connectivity index (χ1v) is 7.61. The van der Waals surface area contributed by atoms with Crippen LogP contribution in [0, 0.1) is 0 Å². The van der Waals surface area contributed by atoms with Gasteiger partial charge in [-0.2, -0.15) is 0 Å². The zero-order chi connectivity index (χ0) is 15.3. The summed E-state index contributed by atoms with van der Waals surface area (Å²) in [7, 11) is 0. The van der Waals surface area contributed by atoms with Crippen LogP contribution in [0.3, 0.4) is 0 Å². The summed E-state index contributed by atoms with van der Waals surface area (Å²) in [6.07, 6.45) is 3.14. The third-order valence-electron chi connectivity index (χ3n) is 3.79. The highest BCUT2D eigenvalue weighted by Gasteiger charge is 2.27. The van der Waals surface area contributed by atoms with E-state index in [-0.39, 0.29) is 5.91 Å². The zero-order valence-electron chi connectivity index (χ0n) is 12.8. The highest BCUT2D eigenvalue weighted by molar-refractivity contribution is 5.92. The molecule has 6 heteroatoms. The second kappa shape index (κ2) is 6.85. The van der Waals surface area contributed by atoms with E-state index in [2.05, 4.69) is 22.4 Å². The molecule has 1 aliphatic rings. The van der Waals surface area contributed by atoms with Gasteiger partial charge in [-0.05, 0) is 44.7 Å². The van der Waals surface area contributed by atoms with Crippen LogP contribution in [0.15, 0.2) is 12.1 Å². The van der Waals surface area contributed by atoms with Crippen LogP contribution < -0.4 is 5.32 Å². The lowest BCUT2D eigenvalue weighted by Gasteiger charge is -2.22. The first-order chi connectivity index (χ1) is 10.0. The minimum atomic E-state index is -0.672. The molecule has 0 bridgehead atoms. The Hall–Kier alpha value is -1.69. The molecule has 1 aromatic heterocycles. The van der Waals surface area contributed by atoms with Crippen molar-refractivity contribution in [3.05, 3.63) is 17.8 Å². The summed E-state index contributed by atoms with van der Waals surface area (Å²) in [5.74, 6) is 0.578. The number of aromatic nitrogens is 2. The van der Waals surface area contributed by atoms with Crippen LogP contribution in [0.1, 0.15) is 50.0 Å². The van der Waals surface area contributed by atoms with Crippen molar-refractivity contribution in [1.82, 2.24) is 15.1 Å². The highest BCUT2D eigenvalue weighted by atomic mass is 16.3. The number of nitrogens with one attached hydrogen (secondary N) is 1. The summed E-state index contributed by atoms with van der Waals surface area (Å²) < 4.78 is 0. The molecule has 6 nitrogen and oxygen atoms in total. The quantitative estimate of drug-likeness (QED) is 0.882. The van der Waals surface area contributed by atoms with Gasteiger partial charge in [0.05, 0.1) is 5.60 Å². The number of likely N-dealkylation sites (tertiary alicyclic amines) is 1. The third-order valence-corrected chi connectivity index (χ3v) is 3.79. The number of anilines is 1. The second-order valence-corrected chi connectivity index (χ2v) is 5.87. The number of aliphatic hydroxyl groups is 1. The SMILES string of the molecule is CCCNc1ccc(C(=O)N2CCCC(C)(O)CC2)nn1. The van der Waals surface area contributed by atoms with Crippen LogP contribution in [0.4, 0.5) is 5.82 Å². The summed E-state index contributed by atoms with van der Waals surface area (Å²) in [5.41, 5.74) is -0.312. The third kappa shape index (κ3) is 4.39. The Morgan fingerprint density at radius 1 is 1.38 bits per heavy atom. The van der Waals surface area contributed by atoms with Crippen molar-refractivity contribution in [3.63, 3.8) is 0 Å². The molecule has 1 amide bonds. The Morgan fingerprint density at radius 3 is 2.86 bits per heavy atom. The standard InChI is InChI=1S/C15H24N4O2/c1-3-9-16-13-6-5-12(17-18-13)14(20)19-10-4-7-15(2,21)8-11-19/h5-6,21H,3-4,7-11H2,1-2H3,(H,16,18). The molecule has 1 unspecified atom stereocenters. The lowest BCUT2D eigenvalue weighted by Crippen LogP contribution is -2.34. The summed E-state index contributed by atoms with van der Waals surface area (Å²) in [4.78, 5) is 14.2. The van der Waals surface area contributed by atoms with E-state index in [1.54, 1.807) is 17.0 Å². The fraction of sp³-hybridized carbons (Fsp3) is 0.667. The van der Waals surface area contributed by atoms with Crippen molar-refractivity contribution in [2.75, 3.05) is 25.0 Å². The normalized spacial score (nSPS) is 22.7. The summed E-state index contributed by atoms with van der Waals surface area (Å²) >= 11 is 0. The first-order valence-electron chi connectivity index (χ1n) is 7.61. The monoisotopic (exact) mass is 292 g/mol. The molecule has 0 saturated carbocycles. The minimum Gasteiger partial charge on any atom is -0.390 e. The first kappa shape index (κ1) is 15.7. The lowest BCUT2D eigenvalue weighted by molar-refractivity contribution is 0.0437. The maximum Gasteiger partial charge on any atom is 0.274 e. The number of rotatable bonds is 4. The van der Waals surface area contributed by atoms with Crippen LogP contribution in [-0.2, 0) is 0 Å².